The predicted molar refractivity (Wildman–Crippen MR) is 76.2 cm³/mol. The highest BCUT2D eigenvalue weighted by molar-refractivity contribution is 6.37. The first-order valence-corrected chi connectivity index (χ1v) is 6.24. The van der Waals surface area contributed by atoms with Crippen molar-refractivity contribution in [1.29, 1.82) is 0 Å². The molecule has 17 heavy (non-hydrogen) atoms. The summed E-state index contributed by atoms with van der Waals surface area (Å²) in [7, 11) is 0. The van der Waals surface area contributed by atoms with Crippen molar-refractivity contribution in [2.45, 2.75) is 0 Å². The average molecular weight is 307 g/mol. The monoisotopic (exact) mass is 305 g/mol. The molecule has 0 unspecified atom stereocenters. The predicted octanol–water partition coefficient (Wildman–Crippen LogP) is 6.04. The minimum Gasteiger partial charge on any atom is -0.353 e. The van der Waals surface area contributed by atoms with E-state index in [2.05, 4.69) is 5.32 Å². The van der Waals surface area contributed by atoms with Crippen molar-refractivity contribution in [3.05, 3.63) is 56.5 Å². The summed E-state index contributed by atoms with van der Waals surface area (Å²) in [6, 6.07) is 10.4. The molecule has 0 fully saturated rings. The van der Waals surface area contributed by atoms with E-state index in [1.165, 1.54) is 0 Å². The highest BCUT2D eigenvalue weighted by Gasteiger charge is 2.05. The van der Waals surface area contributed by atoms with Crippen molar-refractivity contribution in [3.63, 3.8) is 0 Å². The van der Waals surface area contributed by atoms with Gasteiger partial charge in [0.2, 0.25) is 0 Å². The first kappa shape index (κ1) is 12.8. The number of benzene rings is 2. The Morgan fingerprint density at radius 3 is 2.00 bits per heavy atom. The Labute approximate surface area is 119 Å². The zero-order valence-corrected chi connectivity index (χ0v) is 11.5. The maximum Gasteiger partial charge on any atom is 0.0655 e. The van der Waals surface area contributed by atoms with Gasteiger partial charge >= 0.3 is 0 Å². The van der Waals surface area contributed by atoms with Gasteiger partial charge in [-0.3, -0.25) is 0 Å². The van der Waals surface area contributed by atoms with E-state index in [9.17, 15) is 0 Å². The normalized spacial score (nSPS) is 10.4. The van der Waals surface area contributed by atoms with Gasteiger partial charge in [0.15, 0.2) is 0 Å². The minimum atomic E-state index is 0.522. The fourth-order valence-electron chi connectivity index (χ4n) is 1.33. The van der Waals surface area contributed by atoms with Crippen molar-refractivity contribution >= 4 is 57.8 Å². The van der Waals surface area contributed by atoms with Gasteiger partial charge in [-0.1, -0.05) is 46.4 Å². The molecule has 2 aromatic carbocycles. The zero-order valence-electron chi connectivity index (χ0n) is 8.48. The van der Waals surface area contributed by atoms with Crippen LogP contribution < -0.4 is 5.32 Å². The second-order valence-corrected chi connectivity index (χ2v) is 5.06. The van der Waals surface area contributed by atoms with Crippen LogP contribution in [0.2, 0.25) is 20.1 Å². The number of nitrogens with one attached hydrogen (secondary N) is 1. The summed E-state index contributed by atoms with van der Waals surface area (Å²) in [6.45, 7) is 0. The zero-order chi connectivity index (χ0) is 12.4. The van der Waals surface area contributed by atoms with Gasteiger partial charge in [0.1, 0.15) is 0 Å². The summed E-state index contributed by atoms with van der Waals surface area (Å²) in [5.41, 5.74) is 1.42. The third-order valence-electron chi connectivity index (χ3n) is 2.13. The quantitative estimate of drug-likeness (QED) is 0.712. The first-order chi connectivity index (χ1) is 8.06. The summed E-state index contributed by atoms with van der Waals surface area (Å²) in [4.78, 5) is 0. The van der Waals surface area contributed by atoms with E-state index in [0.29, 0.717) is 25.8 Å². The lowest BCUT2D eigenvalue weighted by Crippen LogP contribution is -1.92. The number of rotatable bonds is 2. The first-order valence-electron chi connectivity index (χ1n) is 4.73. The minimum absolute atomic E-state index is 0.522. The Morgan fingerprint density at radius 2 is 1.29 bits per heavy atom. The maximum atomic E-state index is 6.05. The number of halogens is 4. The lowest BCUT2D eigenvalue weighted by molar-refractivity contribution is 1.55. The third kappa shape index (κ3) is 3.20. The Balaban J connectivity index is 2.34. The van der Waals surface area contributed by atoms with E-state index in [1.807, 2.05) is 0 Å². The molecule has 0 amide bonds. The number of anilines is 2. The third-order valence-corrected chi connectivity index (χ3v) is 3.24. The van der Waals surface area contributed by atoms with Gasteiger partial charge in [-0.15, -0.1) is 0 Å². The van der Waals surface area contributed by atoms with Crippen LogP contribution in [0.1, 0.15) is 0 Å². The number of hydrogen-bond donors (Lipinski definition) is 1. The average Bonchev–Trinajstić information content (AvgIpc) is 2.27. The summed E-state index contributed by atoms with van der Waals surface area (Å²) in [6.07, 6.45) is 0. The van der Waals surface area contributed by atoms with Crippen LogP contribution in [0.3, 0.4) is 0 Å². The van der Waals surface area contributed by atoms with Crippen molar-refractivity contribution in [2.75, 3.05) is 5.32 Å². The van der Waals surface area contributed by atoms with Crippen molar-refractivity contribution in [1.82, 2.24) is 0 Å². The van der Waals surface area contributed by atoms with Crippen LogP contribution in [-0.4, -0.2) is 0 Å². The molecular weight excluding hydrogens is 300 g/mol. The largest absolute Gasteiger partial charge is 0.353 e. The van der Waals surface area contributed by atoms with Gasteiger partial charge in [0.25, 0.3) is 0 Å². The Morgan fingerprint density at radius 1 is 0.647 bits per heavy atom. The van der Waals surface area contributed by atoms with Crippen LogP contribution in [0.5, 0.6) is 0 Å². The lowest BCUT2D eigenvalue weighted by Gasteiger charge is -2.10. The Kier molecular flexibility index (Phi) is 4.05. The van der Waals surface area contributed by atoms with Crippen molar-refractivity contribution < 1.29 is 0 Å². The summed E-state index contributed by atoms with van der Waals surface area (Å²) < 4.78 is 0. The molecule has 0 aliphatic rings. The summed E-state index contributed by atoms with van der Waals surface area (Å²) >= 11 is 23.8. The molecule has 5 heteroatoms. The van der Waals surface area contributed by atoms with Gasteiger partial charge in [0, 0.05) is 10.0 Å². The molecule has 2 rings (SSSR count). The van der Waals surface area contributed by atoms with E-state index >= 15 is 0 Å². The molecule has 0 heterocycles. The molecule has 0 aliphatic heterocycles. The van der Waals surface area contributed by atoms with Gasteiger partial charge in [-0.05, 0) is 36.4 Å². The fourth-order valence-corrected chi connectivity index (χ4v) is 2.12. The highest BCUT2D eigenvalue weighted by atomic mass is 35.5. The molecule has 0 bridgehead atoms. The molecule has 0 saturated carbocycles. The van der Waals surface area contributed by atoms with Gasteiger partial charge in [0.05, 0.1) is 21.4 Å². The second kappa shape index (κ2) is 5.36. The Bertz CT molecular complexity index is 554. The molecule has 0 aliphatic carbocycles. The van der Waals surface area contributed by atoms with Crippen LogP contribution in [0, 0.1) is 0 Å². The van der Waals surface area contributed by atoms with Crippen LogP contribution in [0.25, 0.3) is 0 Å². The van der Waals surface area contributed by atoms with E-state index in [-0.39, 0.29) is 0 Å². The van der Waals surface area contributed by atoms with Gasteiger partial charge in [-0.2, -0.15) is 0 Å². The molecule has 88 valence electrons. The van der Waals surface area contributed by atoms with Crippen LogP contribution in [0.4, 0.5) is 11.4 Å². The van der Waals surface area contributed by atoms with E-state index in [1.54, 1.807) is 36.4 Å². The SMILES string of the molecule is Clc1ccc(Nc2cc(Cl)ccc2Cl)c(Cl)c1. The van der Waals surface area contributed by atoms with Crippen LogP contribution >= 0.6 is 46.4 Å². The second-order valence-electron chi connectivity index (χ2n) is 3.37. The number of hydrogen-bond acceptors (Lipinski definition) is 1. The molecule has 0 radical (unpaired) electrons. The van der Waals surface area contributed by atoms with Crippen molar-refractivity contribution in [3.8, 4) is 0 Å². The molecular formula is C12H7Cl4N. The van der Waals surface area contributed by atoms with Crippen LogP contribution in [-0.2, 0) is 0 Å². The topological polar surface area (TPSA) is 12.0 Å². The highest BCUT2D eigenvalue weighted by Crippen LogP contribution is 2.32. The van der Waals surface area contributed by atoms with Gasteiger partial charge < -0.3 is 5.32 Å². The standard InChI is InChI=1S/C12H7Cl4N/c13-7-2-4-11(10(16)5-7)17-12-6-8(14)1-3-9(12)15/h1-6,17H. The molecule has 0 aromatic heterocycles. The van der Waals surface area contributed by atoms with Crippen LogP contribution in [0.15, 0.2) is 36.4 Å². The lowest BCUT2D eigenvalue weighted by atomic mass is 10.2. The molecule has 1 N–H and O–H groups in total. The van der Waals surface area contributed by atoms with Gasteiger partial charge in [-0.25, -0.2) is 0 Å². The molecule has 2 aromatic rings. The Hall–Kier alpha value is -0.600. The van der Waals surface area contributed by atoms with E-state index < -0.39 is 0 Å². The summed E-state index contributed by atoms with van der Waals surface area (Å²) in [5.74, 6) is 0. The molecule has 1 nitrogen and oxygen atoms in total. The summed E-state index contributed by atoms with van der Waals surface area (Å²) in [5, 5.41) is 5.37. The fraction of sp³-hybridized carbons (Fsp3) is 0. The van der Waals surface area contributed by atoms with E-state index in [4.69, 9.17) is 46.4 Å². The maximum absolute atomic E-state index is 6.05. The van der Waals surface area contributed by atoms with E-state index in [0.717, 1.165) is 5.69 Å². The smallest absolute Gasteiger partial charge is 0.0655 e. The molecule has 0 atom stereocenters. The molecule has 0 saturated heterocycles. The van der Waals surface area contributed by atoms with Crippen molar-refractivity contribution in [2.24, 2.45) is 0 Å². The molecule has 0 spiro atoms.